The number of carbonyl (C=O) groups is 2. The minimum absolute atomic E-state index is 0.345. The number of ether oxygens (including phenoxy) is 1. The molecule has 2 saturated carbocycles. The lowest BCUT2D eigenvalue weighted by molar-refractivity contribution is -0.123. The van der Waals surface area contributed by atoms with Gasteiger partial charge in [-0.2, -0.15) is 0 Å². The monoisotopic (exact) mass is 368 g/mol. The number of halogens is 2. The molecule has 2 atom stereocenters. The summed E-state index contributed by atoms with van der Waals surface area (Å²) in [7, 11) is -3.99. The highest BCUT2D eigenvalue weighted by molar-refractivity contribution is 7.91. The predicted octanol–water partition coefficient (Wildman–Crippen LogP) is 1.53. The van der Waals surface area contributed by atoms with Gasteiger partial charge in [-0.05, 0) is 47.0 Å². The van der Waals surface area contributed by atoms with E-state index in [0.717, 1.165) is 0 Å². The number of nitrogens with one attached hydrogen (secondary N) is 2. The third-order valence-electron chi connectivity index (χ3n) is 4.28. The standard InChI is InChI=1S/C14H22F2N2O5S/c1-12(2,3)23-11(20)17-14(7-8(14)9(15)16)10(19)18-24(21,22)13(4)5-6-13/h8-9H,5-7H2,1-4H3,(H,17,20)(H,18,19)/t8-,14+/m0/s1. The van der Waals surface area contributed by atoms with Gasteiger partial charge in [-0.3, -0.25) is 9.52 Å². The molecule has 0 aromatic heterocycles. The van der Waals surface area contributed by atoms with E-state index in [4.69, 9.17) is 4.74 Å². The average Bonchev–Trinajstić information content (AvgIpc) is 3.23. The summed E-state index contributed by atoms with van der Waals surface area (Å²) in [6.45, 7) is 6.20. The molecule has 138 valence electrons. The molecule has 0 radical (unpaired) electrons. The van der Waals surface area contributed by atoms with Crippen molar-refractivity contribution in [2.45, 2.75) is 69.3 Å². The first-order chi connectivity index (χ1) is 10.7. The van der Waals surface area contributed by atoms with Crippen LogP contribution in [0.5, 0.6) is 0 Å². The highest BCUT2D eigenvalue weighted by Gasteiger charge is 2.67. The maximum atomic E-state index is 13.0. The van der Waals surface area contributed by atoms with Gasteiger partial charge in [-0.25, -0.2) is 22.0 Å². The molecule has 2 fully saturated rings. The molecule has 7 nitrogen and oxygen atoms in total. The Labute approximate surface area is 139 Å². The Bertz CT molecular complexity index is 655. The van der Waals surface area contributed by atoms with Crippen molar-refractivity contribution >= 4 is 22.0 Å². The van der Waals surface area contributed by atoms with E-state index in [-0.39, 0.29) is 6.42 Å². The number of alkyl carbamates (subject to hydrolysis) is 1. The Morgan fingerprint density at radius 1 is 1.25 bits per heavy atom. The minimum Gasteiger partial charge on any atom is -0.444 e. The second-order valence-corrected chi connectivity index (χ2v) is 9.82. The minimum atomic E-state index is -3.99. The molecule has 10 heteroatoms. The zero-order valence-corrected chi connectivity index (χ0v) is 14.8. The topological polar surface area (TPSA) is 102 Å². The van der Waals surface area contributed by atoms with Crippen LogP contribution in [-0.2, 0) is 19.6 Å². The molecular weight excluding hydrogens is 346 g/mol. The lowest BCUT2D eigenvalue weighted by Gasteiger charge is -2.24. The van der Waals surface area contributed by atoms with Gasteiger partial charge in [0.25, 0.3) is 5.91 Å². The second kappa shape index (κ2) is 5.53. The van der Waals surface area contributed by atoms with Crippen molar-refractivity contribution in [3.8, 4) is 0 Å². The SMILES string of the molecule is CC(C)(C)OC(=O)N[C@]1(C(=O)NS(=O)(=O)C2(C)CC2)C[C@H]1C(F)F. The molecule has 24 heavy (non-hydrogen) atoms. The molecule has 2 N–H and O–H groups in total. The summed E-state index contributed by atoms with van der Waals surface area (Å²) < 4.78 is 56.1. The molecule has 0 bridgehead atoms. The smallest absolute Gasteiger partial charge is 0.408 e. The van der Waals surface area contributed by atoms with Gasteiger partial charge in [0, 0.05) is 0 Å². The van der Waals surface area contributed by atoms with Crippen molar-refractivity contribution in [1.82, 2.24) is 10.0 Å². The number of rotatable bonds is 5. The summed E-state index contributed by atoms with van der Waals surface area (Å²) in [6, 6.07) is 0. The van der Waals surface area contributed by atoms with Gasteiger partial charge in [0.15, 0.2) is 0 Å². The maximum absolute atomic E-state index is 13.0. The summed E-state index contributed by atoms with van der Waals surface area (Å²) in [6.07, 6.45) is -3.48. The molecule has 0 unspecified atom stereocenters. The molecule has 0 heterocycles. The van der Waals surface area contributed by atoms with Crippen molar-refractivity contribution in [3.63, 3.8) is 0 Å². The highest BCUT2D eigenvalue weighted by Crippen LogP contribution is 2.49. The number of carbonyl (C=O) groups excluding carboxylic acids is 2. The molecule has 0 aromatic carbocycles. The van der Waals surface area contributed by atoms with E-state index in [1.165, 1.54) is 6.92 Å². The van der Waals surface area contributed by atoms with Crippen LogP contribution in [0.2, 0.25) is 0 Å². The summed E-state index contributed by atoms with van der Waals surface area (Å²) in [5, 5.41) is 2.13. The third kappa shape index (κ3) is 3.62. The zero-order valence-electron chi connectivity index (χ0n) is 14.0. The first kappa shape index (κ1) is 18.9. The van der Waals surface area contributed by atoms with Gasteiger partial charge in [-0.15, -0.1) is 0 Å². The van der Waals surface area contributed by atoms with Crippen LogP contribution in [0.25, 0.3) is 0 Å². The molecule has 2 aliphatic rings. The Balaban J connectivity index is 2.14. The number of sulfonamides is 1. The third-order valence-corrected chi connectivity index (χ3v) is 6.44. The summed E-state index contributed by atoms with van der Waals surface area (Å²) in [5.41, 5.74) is -2.85. The largest absolute Gasteiger partial charge is 0.444 e. The molecule has 2 rings (SSSR count). The lowest BCUT2D eigenvalue weighted by Crippen LogP contribution is -2.54. The Morgan fingerprint density at radius 3 is 2.17 bits per heavy atom. The van der Waals surface area contributed by atoms with Crippen molar-refractivity contribution in [1.29, 1.82) is 0 Å². The van der Waals surface area contributed by atoms with Crippen LogP contribution < -0.4 is 10.0 Å². The fourth-order valence-electron chi connectivity index (χ4n) is 2.32. The van der Waals surface area contributed by atoms with Gasteiger partial charge >= 0.3 is 6.09 Å². The van der Waals surface area contributed by atoms with E-state index in [2.05, 4.69) is 5.32 Å². The van der Waals surface area contributed by atoms with Crippen LogP contribution >= 0.6 is 0 Å². The van der Waals surface area contributed by atoms with Crippen LogP contribution in [-0.4, -0.2) is 42.7 Å². The molecular formula is C14H22F2N2O5S. The van der Waals surface area contributed by atoms with Crippen LogP contribution in [0.15, 0.2) is 0 Å². The predicted molar refractivity (Wildman–Crippen MR) is 80.9 cm³/mol. The first-order valence-electron chi connectivity index (χ1n) is 7.59. The van der Waals surface area contributed by atoms with Gasteiger partial charge in [-0.1, -0.05) is 0 Å². The molecule has 0 aliphatic heterocycles. The van der Waals surface area contributed by atoms with E-state index in [9.17, 15) is 26.8 Å². The first-order valence-corrected chi connectivity index (χ1v) is 9.07. The number of amides is 2. The highest BCUT2D eigenvalue weighted by atomic mass is 32.2. The van der Waals surface area contributed by atoms with Gasteiger partial charge in [0.2, 0.25) is 16.4 Å². The fraction of sp³-hybridized carbons (Fsp3) is 0.857. The lowest BCUT2D eigenvalue weighted by atomic mass is 10.2. The zero-order chi connectivity index (χ0) is 18.6. The summed E-state index contributed by atoms with van der Waals surface area (Å²) in [5.74, 6) is -2.60. The van der Waals surface area contributed by atoms with Gasteiger partial charge in [0.05, 0.1) is 10.7 Å². The number of alkyl halides is 2. The van der Waals surface area contributed by atoms with Gasteiger partial charge in [0.1, 0.15) is 11.1 Å². The van der Waals surface area contributed by atoms with Crippen molar-refractivity contribution in [3.05, 3.63) is 0 Å². The molecule has 2 aliphatic carbocycles. The maximum Gasteiger partial charge on any atom is 0.408 e. The molecule has 0 saturated heterocycles. The normalized spacial score (nSPS) is 28.2. The van der Waals surface area contributed by atoms with E-state index >= 15 is 0 Å². The van der Waals surface area contributed by atoms with Crippen LogP contribution in [0, 0.1) is 5.92 Å². The Morgan fingerprint density at radius 2 is 1.79 bits per heavy atom. The van der Waals surface area contributed by atoms with Crippen LogP contribution in [0.3, 0.4) is 0 Å². The number of hydrogen-bond acceptors (Lipinski definition) is 5. The van der Waals surface area contributed by atoms with Gasteiger partial charge < -0.3 is 10.1 Å². The van der Waals surface area contributed by atoms with E-state index in [1.807, 2.05) is 4.72 Å². The van der Waals surface area contributed by atoms with Crippen molar-refractivity contribution in [2.24, 2.45) is 5.92 Å². The molecule has 0 spiro atoms. The number of hydrogen-bond donors (Lipinski definition) is 2. The van der Waals surface area contributed by atoms with E-state index < -0.39 is 50.3 Å². The van der Waals surface area contributed by atoms with Crippen LogP contribution in [0.4, 0.5) is 13.6 Å². The molecule has 0 aromatic rings. The van der Waals surface area contributed by atoms with E-state index in [0.29, 0.717) is 12.8 Å². The van der Waals surface area contributed by atoms with E-state index in [1.54, 1.807) is 20.8 Å². The summed E-state index contributed by atoms with van der Waals surface area (Å²) >= 11 is 0. The average molecular weight is 368 g/mol. The quantitative estimate of drug-likeness (QED) is 0.766. The second-order valence-electron chi connectivity index (χ2n) is 7.63. The van der Waals surface area contributed by atoms with Crippen molar-refractivity contribution in [2.75, 3.05) is 0 Å². The Hall–Kier alpha value is -1.45. The Kier molecular flexibility index (Phi) is 4.35. The van der Waals surface area contributed by atoms with Crippen LogP contribution in [0.1, 0.15) is 47.0 Å². The molecule has 2 amide bonds. The fourth-order valence-corrected chi connectivity index (χ4v) is 3.63. The summed E-state index contributed by atoms with van der Waals surface area (Å²) in [4.78, 5) is 24.2. The van der Waals surface area contributed by atoms with Crippen molar-refractivity contribution < 1.29 is 31.5 Å².